The molecule has 0 aromatic carbocycles. The van der Waals surface area contributed by atoms with Gasteiger partial charge in [0.1, 0.15) is 0 Å². The van der Waals surface area contributed by atoms with Gasteiger partial charge in [-0.2, -0.15) is 5.10 Å². The summed E-state index contributed by atoms with van der Waals surface area (Å²) in [5.74, 6) is 0.493. The minimum absolute atomic E-state index is 0.307. The van der Waals surface area contributed by atoms with Gasteiger partial charge in [0, 0.05) is 6.54 Å². The van der Waals surface area contributed by atoms with E-state index in [1.807, 2.05) is 11.6 Å². The number of aromatic nitrogens is 2. The highest BCUT2D eigenvalue weighted by molar-refractivity contribution is 9.10. The highest BCUT2D eigenvalue weighted by Gasteiger charge is 2.22. The van der Waals surface area contributed by atoms with Crippen LogP contribution in [0.15, 0.2) is 10.7 Å². The summed E-state index contributed by atoms with van der Waals surface area (Å²) in [5.41, 5.74) is 1.21. The molecule has 0 aliphatic heterocycles. The molecule has 0 bridgehead atoms. The number of hydrogen-bond donors (Lipinski definition) is 1. The van der Waals surface area contributed by atoms with Crippen LogP contribution in [0.2, 0.25) is 0 Å². The van der Waals surface area contributed by atoms with E-state index in [0.29, 0.717) is 11.3 Å². The van der Waals surface area contributed by atoms with E-state index in [1.54, 1.807) is 6.20 Å². The van der Waals surface area contributed by atoms with E-state index in [4.69, 9.17) is 0 Å². The third kappa shape index (κ3) is 4.39. The highest BCUT2D eigenvalue weighted by Crippen LogP contribution is 2.32. The SMILES string of the molecule is CCn1ncc(Br)c1C(O)CC(C)CC(C)(C)C. The van der Waals surface area contributed by atoms with Gasteiger partial charge in [-0.3, -0.25) is 4.68 Å². The number of aliphatic hydroxyl groups is 1. The van der Waals surface area contributed by atoms with Crippen LogP contribution in [-0.4, -0.2) is 14.9 Å². The van der Waals surface area contributed by atoms with Crippen molar-refractivity contribution >= 4 is 15.9 Å². The Balaban J connectivity index is 2.70. The quantitative estimate of drug-likeness (QED) is 0.885. The summed E-state index contributed by atoms with van der Waals surface area (Å²) in [4.78, 5) is 0. The van der Waals surface area contributed by atoms with Gasteiger partial charge in [0.15, 0.2) is 0 Å². The van der Waals surface area contributed by atoms with Gasteiger partial charge in [-0.1, -0.05) is 27.7 Å². The molecule has 1 rings (SSSR count). The number of halogens is 1. The first-order chi connectivity index (χ1) is 8.24. The molecule has 3 nitrogen and oxygen atoms in total. The summed E-state index contributed by atoms with van der Waals surface area (Å²) in [6.07, 6.45) is 3.21. The molecule has 1 aromatic rings. The van der Waals surface area contributed by atoms with Crippen LogP contribution in [0.25, 0.3) is 0 Å². The lowest BCUT2D eigenvalue weighted by Crippen LogP contribution is -2.16. The standard InChI is InChI=1S/C14H25BrN2O/c1-6-17-13(11(15)9-16-17)12(18)7-10(2)8-14(3,4)5/h9-10,12,18H,6-8H2,1-5H3. The van der Waals surface area contributed by atoms with Gasteiger partial charge in [0.05, 0.1) is 22.5 Å². The van der Waals surface area contributed by atoms with E-state index in [0.717, 1.165) is 29.6 Å². The van der Waals surface area contributed by atoms with Gasteiger partial charge >= 0.3 is 0 Å². The summed E-state index contributed by atoms with van der Waals surface area (Å²) in [6, 6.07) is 0. The monoisotopic (exact) mass is 316 g/mol. The molecule has 0 spiro atoms. The predicted molar refractivity (Wildman–Crippen MR) is 78.4 cm³/mol. The van der Waals surface area contributed by atoms with Gasteiger partial charge in [-0.25, -0.2) is 0 Å². The van der Waals surface area contributed by atoms with Gasteiger partial charge in [-0.15, -0.1) is 0 Å². The maximum absolute atomic E-state index is 10.4. The molecule has 1 aromatic heterocycles. The van der Waals surface area contributed by atoms with Crippen molar-refractivity contribution in [2.24, 2.45) is 11.3 Å². The van der Waals surface area contributed by atoms with Crippen LogP contribution in [0.1, 0.15) is 59.3 Å². The first-order valence-corrected chi connectivity index (χ1v) is 7.43. The molecule has 0 aliphatic rings. The van der Waals surface area contributed by atoms with Crippen molar-refractivity contribution in [2.75, 3.05) is 0 Å². The Kier molecular flexibility index (Phi) is 5.41. The van der Waals surface area contributed by atoms with Crippen molar-refractivity contribution in [1.82, 2.24) is 9.78 Å². The topological polar surface area (TPSA) is 38.0 Å². The molecule has 2 unspecified atom stereocenters. The smallest absolute Gasteiger partial charge is 0.0970 e. The molecule has 2 atom stereocenters. The Bertz CT molecular complexity index is 382. The Hall–Kier alpha value is -0.350. The summed E-state index contributed by atoms with van der Waals surface area (Å²) < 4.78 is 2.76. The summed E-state index contributed by atoms with van der Waals surface area (Å²) in [5, 5.41) is 14.6. The largest absolute Gasteiger partial charge is 0.387 e. The van der Waals surface area contributed by atoms with E-state index >= 15 is 0 Å². The Labute approximate surface area is 119 Å². The van der Waals surface area contributed by atoms with Crippen LogP contribution >= 0.6 is 15.9 Å². The summed E-state index contributed by atoms with van der Waals surface area (Å²) in [7, 11) is 0. The van der Waals surface area contributed by atoms with Crippen molar-refractivity contribution in [2.45, 2.75) is 60.1 Å². The maximum atomic E-state index is 10.4. The van der Waals surface area contributed by atoms with Crippen LogP contribution in [0, 0.1) is 11.3 Å². The first-order valence-electron chi connectivity index (χ1n) is 6.64. The second kappa shape index (κ2) is 6.20. The highest BCUT2D eigenvalue weighted by atomic mass is 79.9. The number of aryl methyl sites for hydroxylation is 1. The van der Waals surface area contributed by atoms with E-state index in [2.05, 4.69) is 48.7 Å². The van der Waals surface area contributed by atoms with Crippen molar-refractivity contribution in [3.8, 4) is 0 Å². The lowest BCUT2D eigenvalue weighted by Gasteiger charge is -2.25. The van der Waals surface area contributed by atoms with E-state index in [1.165, 1.54) is 0 Å². The summed E-state index contributed by atoms with van der Waals surface area (Å²) in [6.45, 7) is 11.7. The average Bonchev–Trinajstić information content (AvgIpc) is 2.56. The van der Waals surface area contributed by atoms with E-state index in [-0.39, 0.29) is 0 Å². The second-order valence-electron chi connectivity index (χ2n) is 6.31. The van der Waals surface area contributed by atoms with Crippen molar-refractivity contribution in [1.29, 1.82) is 0 Å². The first kappa shape index (κ1) is 15.7. The Morgan fingerprint density at radius 2 is 2.06 bits per heavy atom. The van der Waals surface area contributed by atoms with Gasteiger partial charge < -0.3 is 5.11 Å². The van der Waals surface area contributed by atoms with Crippen LogP contribution in [0.4, 0.5) is 0 Å². The van der Waals surface area contributed by atoms with Crippen molar-refractivity contribution < 1.29 is 5.11 Å². The molecule has 4 heteroatoms. The second-order valence-corrected chi connectivity index (χ2v) is 7.17. The predicted octanol–water partition coefficient (Wildman–Crippen LogP) is 4.16. The number of nitrogens with zero attached hydrogens (tertiary/aromatic N) is 2. The van der Waals surface area contributed by atoms with Crippen LogP contribution < -0.4 is 0 Å². The number of hydrogen-bond acceptors (Lipinski definition) is 2. The zero-order valence-corrected chi connectivity index (χ0v) is 13.7. The normalized spacial score (nSPS) is 15.7. The van der Waals surface area contributed by atoms with Crippen molar-refractivity contribution in [3.63, 3.8) is 0 Å². The van der Waals surface area contributed by atoms with Crippen LogP contribution in [-0.2, 0) is 6.54 Å². The van der Waals surface area contributed by atoms with E-state index < -0.39 is 6.10 Å². The Morgan fingerprint density at radius 1 is 1.44 bits per heavy atom. The average molecular weight is 317 g/mol. The number of rotatable bonds is 5. The Morgan fingerprint density at radius 3 is 2.56 bits per heavy atom. The van der Waals surface area contributed by atoms with Gasteiger partial charge in [0.2, 0.25) is 0 Å². The molecule has 104 valence electrons. The zero-order valence-electron chi connectivity index (χ0n) is 12.1. The molecule has 18 heavy (non-hydrogen) atoms. The fourth-order valence-electron chi connectivity index (χ4n) is 2.58. The fraction of sp³-hybridized carbons (Fsp3) is 0.786. The molecule has 0 amide bonds. The molecule has 0 saturated heterocycles. The number of aliphatic hydroxyl groups excluding tert-OH is 1. The molecular weight excluding hydrogens is 292 g/mol. The summed E-state index contributed by atoms with van der Waals surface area (Å²) >= 11 is 3.47. The molecule has 1 heterocycles. The minimum Gasteiger partial charge on any atom is -0.387 e. The van der Waals surface area contributed by atoms with E-state index in [9.17, 15) is 5.11 Å². The molecule has 0 aliphatic carbocycles. The zero-order chi connectivity index (χ0) is 13.9. The fourth-order valence-corrected chi connectivity index (χ4v) is 3.14. The van der Waals surface area contributed by atoms with Crippen LogP contribution in [0.5, 0.6) is 0 Å². The van der Waals surface area contributed by atoms with Crippen molar-refractivity contribution in [3.05, 3.63) is 16.4 Å². The minimum atomic E-state index is -0.445. The lowest BCUT2D eigenvalue weighted by atomic mass is 9.83. The molecule has 0 fully saturated rings. The lowest BCUT2D eigenvalue weighted by molar-refractivity contribution is 0.124. The molecule has 0 radical (unpaired) electrons. The van der Waals surface area contributed by atoms with Crippen LogP contribution in [0.3, 0.4) is 0 Å². The van der Waals surface area contributed by atoms with Gasteiger partial charge in [-0.05, 0) is 47.0 Å². The maximum Gasteiger partial charge on any atom is 0.0970 e. The third-order valence-corrected chi connectivity index (χ3v) is 3.65. The van der Waals surface area contributed by atoms with Gasteiger partial charge in [0.25, 0.3) is 0 Å². The molecule has 0 saturated carbocycles. The molecular formula is C14H25BrN2O. The molecule has 1 N–H and O–H groups in total. The third-order valence-electron chi connectivity index (χ3n) is 3.03.